The Balaban J connectivity index is 2.88. The third kappa shape index (κ3) is 2.71. The quantitative estimate of drug-likeness (QED) is 0.636. The van der Waals surface area contributed by atoms with Crippen molar-refractivity contribution in [3.8, 4) is 11.8 Å². The Labute approximate surface area is 89.6 Å². The van der Waals surface area contributed by atoms with Crippen molar-refractivity contribution in [1.29, 1.82) is 0 Å². The van der Waals surface area contributed by atoms with E-state index in [0.29, 0.717) is 12.2 Å². The molecule has 0 fully saturated rings. The fourth-order valence-electron chi connectivity index (χ4n) is 0.912. The summed E-state index contributed by atoms with van der Waals surface area (Å²) in [6.07, 6.45) is 0. The van der Waals surface area contributed by atoms with Gasteiger partial charge in [-0.15, -0.1) is 5.92 Å². The van der Waals surface area contributed by atoms with Crippen LogP contribution in [0.5, 0.6) is 0 Å². The van der Waals surface area contributed by atoms with E-state index in [1.54, 1.807) is 6.92 Å². The average Bonchev–Trinajstić information content (AvgIpc) is 2.13. The number of halogens is 3. The van der Waals surface area contributed by atoms with Gasteiger partial charge in [-0.1, -0.05) is 5.92 Å². The Kier molecular flexibility index (Phi) is 3.90. The Morgan fingerprint density at radius 3 is 2.79 bits per heavy atom. The first-order valence-electron chi connectivity index (χ1n) is 3.93. The van der Waals surface area contributed by atoms with Gasteiger partial charge in [-0.05, 0) is 28.9 Å². The fourth-order valence-corrected chi connectivity index (χ4v) is 1.28. The summed E-state index contributed by atoms with van der Waals surface area (Å²) in [5.74, 6) is 4.17. The summed E-state index contributed by atoms with van der Waals surface area (Å²) in [5, 5.41) is 2.80. The maximum absolute atomic E-state index is 13.0. The van der Waals surface area contributed by atoms with Gasteiger partial charge in [0.15, 0.2) is 0 Å². The molecular formula is C10H8BrF2N. The third-order valence-corrected chi connectivity index (χ3v) is 2.34. The summed E-state index contributed by atoms with van der Waals surface area (Å²) < 4.78 is 26.0. The lowest BCUT2D eigenvalue weighted by Gasteiger charge is -2.06. The highest BCUT2D eigenvalue weighted by Gasteiger charge is 2.07. The molecule has 1 aromatic carbocycles. The van der Waals surface area contributed by atoms with Gasteiger partial charge >= 0.3 is 0 Å². The van der Waals surface area contributed by atoms with Crippen LogP contribution in [0.25, 0.3) is 0 Å². The molecule has 0 unspecified atom stereocenters. The van der Waals surface area contributed by atoms with Crippen molar-refractivity contribution in [2.45, 2.75) is 6.92 Å². The smallest absolute Gasteiger partial charge is 0.142 e. The maximum atomic E-state index is 13.0. The minimum atomic E-state index is -0.628. The molecule has 0 saturated carbocycles. The Hall–Kier alpha value is -1.08. The molecule has 0 aliphatic rings. The van der Waals surface area contributed by atoms with Crippen LogP contribution < -0.4 is 5.32 Å². The van der Waals surface area contributed by atoms with Crippen LogP contribution in [0, 0.1) is 23.5 Å². The highest BCUT2D eigenvalue weighted by atomic mass is 79.9. The second-order valence-corrected chi connectivity index (χ2v) is 3.32. The van der Waals surface area contributed by atoms with Crippen molar-refractivity contribution in [2.75, 3.05) is 11.9 Å². The molecule has 0 heterocycles. The molecule has 0 spiro atoms. The zero-order valence-corrected chi connectivity index (χ0v) is 9.08. The first-order valence-corrected chi connectivity index (χ1v) is 4.72. The van der Waals surface area contributed by atoms with Crippen molar-refractivity contribution in [3.05, 3.63) is 28.2 Å². The molecule has 0 bridgehead atoms. The van der Waals surface area contributed by atoms with E-state index in [-0.39, 0.29) is 4.47 Å². The zero-order chi connectivity index (χ0) is 10.6. The molecule has 0 aliphatic heterocycles. The topological polar surface area (TPSA) is 12.0 Å². The van der Waals surface area contributed by atoms with E-state index >= 15 is 0 Å². The first-order chi connectivity index (χ1) is 6.65. The molecule has 0 atom stereocenters. The van der Waals surface area contributed by atoms with Crippen LogP contribution in [0.2, 0.25) is 0 Å². The summed E-state index contributed by atoms with van der Waals surface area (Å²) in [4.78, 5) is 0. The predicted molar refractivity (Wildman–Crippen MR) is 56.0 cm³/mol. The van der Waals surface area contributed by atoms with Crippen LogP contribution in [0.1, 0.15) is 6.92 Å². The second kappa shape index (κ2) is 4.97. The van der Waals surface area contributed by atoms with E-state index < -0.39 is 11.6 Å². The molecule has 1 rings (SSSR count). The molecule has 0 aromatic heterocycles. The predicted octanol–water partition coefficient (Wildman–Crippen LogP) is 3.16. The first kappa shape index (κ1) is 11.0. The lowest BCUT2D eigenvalue weighted by Crippen LogP contribution is -2.01. The molecule has 1 N–H and O–H groups in total. The van der Waals surface area contributed by atoms with Gasteiger partial charge in [0.1, 0.15) is 11.6 Å². The van der Waals surface area contributed by atoms with Crippen molar-refractivity contribution < 1.29 is 8.78 Å². The number of benzene rings is 1. The number of anilines is 1. The van der Waals surface area contributed by atoms with Crippen LogP contribution in [0.15, 0.2) is 16.6 Å². The summed E-state index contributed by atoms with van der Waals surface area (Å²) in [7, 11) is 0. The molecule has 0 amide bonds. The normalized spacial score (nSPS) is 9.14. The number of hydrogen-bond donors (Lipinski definition) is 1. The Bertz CT molecular complexity index is 393. The van der Waals surface area contributed by atoms with Gasteiger partial charge < -0.3 is 5.32 Å². The molecule has 74 valence electrons. The zero-order valence-electron chi connectivity index (χ0n) is 7.50. The minimum Gasteiger partial charge on any atom is -0.373 e. The van der Waals surface area contributed by atoms with Crippen molar-refractivity contribution in [2.24, 2.45) is 0 Å². The molecular weight excluding hydrogens is 252 g/mol. The average molecular weight is 260 g/mol. The molecule has 4 heteroatoms. The van der Waals surface area contributed by atoms with Crippen molar-refractivity contribution >= 4 is 21.6 Å². The SMILES string of the molecule is CC#CCNc1cc(F)cc(F)c1Br. The van der Waals surface area contributed by atoms with Crippen LogP contribution in [-0.2, 0) is 0 Å². The standard InChI is InChI=1S/C10H8BrF2N/c1-2-3-4-14-9-6-7(12)5-8(13)10(9)11/h5-6,14H,4H2,1H3. The van der Waals surface area contributed by atoms with Crippen LogP contribution >= 0.6 is 15.9 Å². The van der Waals surface area contributed by atoms with Crippen LogP contribution in [0.3, 0.4) is 0 Å². The molecule has 14 heavy (non-hydrogen) atoms. The van der Waals surface area contributed by atoms with Gasteiger partial charge in [-0.25, -0.2) is 8.78 Å². The van der Waals surface area contributed by atoms with Gasteiger partial charge in [0.25, 0.3) is 0 Å². The molecule has 0 saturated heterocycles. The van der Waals surface area contributed by atoms with Gasteiger partial charge in [0.05, 0.1) is 16.7 Å². The lowest BCUT2D eigenvalue weighted by atomic mass is 10.3. The second-order valence-electron chi connectivity index (χ2n) is 2.53. The van der Waals surface area contributed by atoms with Gasteiger partial charge in [0, 0.05) is 6.07 Å². The highest BCUT2D eigenvalue weighted by molar-refractivity contribution is 9.10. The summed E-state index contributed by atoms with van der Waals surface area (Å²) in [6, 6.07) is 2.03. The minimum absolute atomic E-state index is 0.219. The summed E-state index contributed by atoms with van der Waals surface area (Å²) >= 11 is 3.01. The largest absolute Gasteiger partial charge is 0.373 e. The Morgan fingerprint density at radius 1 is 1.43 bits per heavy atom. The highest BCUT2D eigenvalue weighted by Crippen LogP contribution is 2.26. The third-order valence-electron chi connectivity index (χ3n) is 1.54. The molecule has 0 radical (unpaired) electrons. The molecule has 1 nitrogen and oxygen atoms in total. The van der Waals surface area contributed by atoms with E-state index in [4.69, 9.17) is 0 Å². The van der Waals surface area contributed by atoms with E-state index in [2.05, 4.69) is 33.1 Å². The van der Waals surface area contributed by atoms with Crippen molar-refractivity contribution in [3.63, 3.8) is 0 Å². The molecule has 1 aromatic rings. The fraction of sp³-hybridized carbons (Fsp3) is 0.200. The monoisotopic (exact) mass is 259 g/mol. The van der Waals surface area contributed by atoms with E-state index in [0.717, 1.165) is 6.07 Å². The maximum Gasteiger partial charge on any atom is 0.142 e. The van der Waals surface area contributed by atoms with E-state index in [9.17, 15) is 8.78 Å². The summed E-state index contributed by atoms with van der Waals surface area (Å²) in [5.41, 5.74) is 0.366. The molecule has 0 aliphatic carbocycles. The lowest BCUT2D eigenvalue weighted by molar-refractivity contribution is 0.580. The van der Waals surface area contributed by atoms with Gasteiger partial charge in [0.2, 0.25) is 0 Å². The van der Waals surface area contributed by atoms with Crippen LogP contribution in [0.4, 0.5) is 14.5 Å². The Morgan fingerprint density at radius 2 is 2.14 bits per heavy atom. The number of hydrogen-bond acceptors (Lipinski definition) is 1. The number of nitrogens with one attached hydrogen (secondary N) is 1. The van der Waals surface area contributed by atoms with Gasteiger partial charge in [-0.3, -0.25) is 0 Å². The van der Waals surface area contributed by atoms with E-state index in [1.165, 1.54) is 6.07 Å². The van der Waals surface area contributed by atoms with E-state index in [1.807, 2.05) is 0 Å². The van der Waals surface area contributed by atoms with Crippen LogP contribution in [-0.4, -0.2) is 6.54 Å². The van der Waals surface area contributed by atoms with Gasteiger partial charge in [-0.2, -0.15) is 0 Å². The number of rotatable bonds is 2. The summed E-state index contributed by atoms with van der Waals surface area (Å²) in [6.45, 7) is 2.06. The van der Waals surface area contributed by atoms with Crippen molar-refractivity contribution in [1.82, 2.24) is 0 Å².